The molecule has 1 saturated heterocycles. The lowest BCUT2D eigenvalue weighted by molar-refractivity contribution is -0.119. The van der Waals surface area contributed by atoms with E-state index in [1.54, 1.807) is 49.4 Å². The predicted molar refractivity (Wildman–Crippen MR) is 144 cm³/mol. The summed E-state index contributed by atoms with van der Waals surface area (Å²) in [5.74, 6) is -1.52. The first kappa shape index (κ1) is 26.7. The van der Waals surface area contributed by atoms with E-state index in [0.29, 0.717) is 60.2 Å². The summed E-state index contributed by atoms with van der Waals surface area (Å²) in [5.41, 5.74) is 2.55. The Bertz CT molecular complexity index is 1550. The van der Waals surface area contributed by atoms with E-state index in [-0.39, 0.29) is 17.8 Å². The van der Waals surface area contributed by atoms with Crippen molar-refractivity contribution in [2.75, 3.05) is 23.3 Å². The third-order valence-electron chi connectivity index (χ3n) is 6.32. The van der Waals surface area contributed by atoms with Crippen LogP contribution in [0.3, 0.4) is 0 Å². The summed E-state index contributed by atoms with van der Waals surface area (Å²) < 4.78 is 35.5. The fourth-order valence-electron chi connectivity index (χ4n) is 4.32. The van der Waals surface area contributed by atoms with Gasteiger partial charge in [0.1, 0.15) is 5.82 Å². The number of rotatable bonds is 8. The molecular weight excluding hydrogens is 520 g/mol. The first-order valence-electron chi connectivity index (χ1n) is 12.6. The van der Waals surface area contributed by atoms with E-state index in [4.69, 9.17) is 9.72 Å². The van der Waals surface area contributed by atoms with Crippen molar-refractivity contribution in [3.8, 4) is 22.9 Å². The van der Waals surface area contributed by atoms with Gasteiger partial charge in [0, 0.05) is 56.0 Å². The Morgan fingerprint density at radius 1 is 1.15 bits per heavy atom. The van der Waals surface area contributed by atoms with Gasteiger partial charge in [-0.3, -0.25) is 9.48 Å². The number of carbonyl (C=O) groups is 1. The number of halogens is 2. The predicted octanol–water partition coefficient (Wildman–Crippen LogP) is 4.22. The topological polar surface area (TPSA) is 123 Å². The van der Waals surface area contributed by atoms with Crippen LogP contribution in [0.15, 0.2) is 61.5 Å². The largest absolute Gasteiger partial charge is 0.421 e. The third kappa shape index (κ3) is 6.20. The molecule has 0 saturated carbocycles. The lowest BCUT2D eigenvalue weighted by atomic mass is 10.0. The van der Waals surface area contributed by atoms with Gasteiger partial charge in [0.2, 0.25) is 5.95 Å². The standard InChI is InChI=1S/C27H27F2N9O2/c1-16-6-9-30-27(33-16)40-23-5-4-18(12-22(23)29)21-14-31-26(35-20-13-32-37(3)15-20)36-24(21)38-10-7-19(8-11-38)34-25(39)17(2)28/h4-6,9,12-15,19H,2,7-8,10-11H2,1,3H3,(H,34,39)(H,31,35,36). The van der Waals surface area contributed by atoms with Gasteiger partial charge in [-0.15, -0.1) is 0 Å². The normalized spacial score (nSPS) is 13.7. The van der Waals surface area contributed by atoms with E-state index in [1.807, 2.05) is 4.90 Å². The van der Waals surface area contributed by atoms with Gasteiger partial charge in [-0.25, -0.2) is 23.7 Å². The summed E-state index contributed by atoms with van der Waals surface area (Å²) in [6.45, 7) is 5.88. The number of amides is 1. The van der Waals surface area contributed by atoms with Crippen LogP contribution in [0, 0.1) is 12.7 Å². The zero-order chi connectivity index (χ0) is 28.2. The first-order chi connectivity index (χ1) is 19.2. The van der Waals surface area contributed by atoms with E-state index in [9.17, 15) is 9.18 Å². The molecule has 11 nitrogen and oxygen atoms in total. The quantitative estimate of drug-likeness (QED) is 0.312. The van der Waals surface area contributed by atoms with Crippen LogP contribution in [-0.4, -0.2) is 54.8 Å². The minimum Gasteiger partial charge on any atom is -0.421 e. The molecule has 3 aromatic heterocycles. The highest BCUT2D eigenvalue weighted by Crippen LogP contribution is 2.34. The molecule has 1 aliphatic heterocycles. The van der Waals surface area contributed by atoms with Crippen molar-refractivity contribution >= 4 is 23.4 Å². The number of nitrogens with zero attached hydrogens (tertiary/aromatic N) is 7. The van der Waals surface area contributed by atoms with Crippen molar-refractivity contribution in [1.29, 1.82) is 0 Å². The molecule has 0 spiro atoms. The number of hydrogen-bond acceptors (Lipinski definition) is 9. The fourth-order valence-corrected chi connectivity index (χ4v) is 4.32. The Morgan fingerprint density at radius 3 is 2.62 bits per heavy atom. The van der Waals surface area contributed by atoms with E-state index in [1.165, 1.54) is 18.3 Å². The Kier molecular flexibility index (Phi) is 7.62. The second kappa shape index (κ2) is 11.4. The van der Waals surface area contributed by atoms with Gasteiger partial charge in [0.25, 0.3) is 5.91 Å². The molecule has 0 radical (unpaired) electrons. The molecule has 206 valence electrons. The van der Waals surface area contributed by atoms with Gasteiger partial charge in [-0.2, -0.15) is 10.1 Å². The van der Waals surface area contributed by atoms with E-state index < -0.39 is 17.6 Å². The first-order valence-corrected chi connectivity index (χ1v) is 12.6. The number of hydrogen-bond donors (Lipinski definition) is 2. The average Bonchev–Trinajstić information content (AvgIpc) is 3.34. The molecule has 2 N–H and O–H groups in total. The SMILES string of the molecule is C=C(F)C(=O)NC1CCN(c2nc(Nc3cnn(C)c3)ncc2-c2ccc(Oc3nccc(C)n3)c(F)c2)CC1. The molecule has 0 aliphatic carbocycles. The van der Waals surface area contributed by atoms with Crippen LogP contribution in [-0.2, 0) is 11.8 Å². The average molecular weight is 548 g/mol. The van der Waals surface area contributed by atoms with E-state index in [2.05, 4.69) is 37.3 Å². The second-order valence-corrected chi connectivity index (χ2v) is 9.33. The summed E-state index contributed by atoms with van der Waals surface area (Å²) in [6.07, 6.45) is 7.72. The molecule has 1 amide bonds. The Labute approximate surface area is 229 Å². The molecule has 0 atom stereocenters. The van der Waals surface area contributed by atoms with E-state index in [0.717, 1.165) is 0 Å². The van der Waals surface area contributed by atoms with Gasteiger partial charge in [-0.1, -0.05) is 12.6 Å². The van der Waals surface area contributed by atoms with Gasteiger partial charge in [-0.05, 0) is 43.5 Å². The summed E-state index contributed by atoms with van der Waals surface area (Å²) in [7, 11) is 1.80. The highest BCUT2D eigenvalue weighted by atomic mass is 19.1. The maximum atomic E-state index is 15.2. The maximum absolute atomic E-state index is 15.2. The zero-order valence-corrected chi connectivity index (χ0v) is 21.9. The summed E-state index contributed by atoms with van der Waals surface area (Å²) >= 11 is 0. The van der Waals surface area contributed by atoms with Gasteiger partial charge >= 0.3 is 6.01 Å². The number of nitrogens with one attached hydrogen (secondary N) is 2. The smallest absolute Gasteiger partial charge is 0.322 e. The van der Waals surface area contributed by atoms with Gasteiger partial charge < -0.3 is 20.3 Å². The summed E-state index contributed by atoms with van der Waals surface area (Å²) in [4.78, 5) is 31.1. The van der Waals surface area contributed by atoms with E-state index >= 15 is 4.39 Å². The van der Waals surface area contributed by atoms with Crippen LogP contribution in [0.2, 0.25) is 0 Å². The van der Waals surface area contributed by atoms with Gasteiger partial charge in [0.15, 0.2) is 17.4 Å². The molecule has 0 unspecified atom stereocenters. The molecule has 1 aromatic carbocycles. The van der Waals surface area contributed by atoms with Crippen molar-refractivity contribution in [2.24, 2.45) is 7.05 Å². The summed E-state index contributed by atoms with van der Waals surface area (Å²) in [6, 6.07) is 6.13. The number of carbonyl (C=O) groups excluding carboxylic acids is 1. The minimum atomic E-state index is -1.02. The molecule has 1 fully saturated rings. The molecule has 0 bridgehead atoms. The summed E-state index contributed by atoms with van der Waals surface area (Å²) in [5, 5.41) is 9.93. The Hall–Kier alpha value is -4.94. The highest BCUT2D eigenvalue weighted by Gasteiger charge is 2.25. The number of anilines is 3. The van der Waals surface area contributed by atoms with Crippen molar-refractivity contribution in [1.82, 2.24) is 35.0 Å². The van der Waals surface area contributed by atoms with Crippen molar-refractivity contribution in [3.63, 3.8) is 0 Å². The number of benzene rings is 1. The van der Waals surface area contributed by atoms with Crippen LogP contribution < -0.4 is 20.3 Å². The third-order valence-corrected chi connectivity index (χ3v) is 6.32. The molecule has 13 heteroatoms. The van der Waals surface area contributed by atoms with Crippen LogP contribution in [0.25, 0.3) is 11.1 Å². The Balaban J connectivity index is 1.42. The molecular formula is C27H27F2N9O2. The molecule has 1 aliphatic rings. The number of aryl methyl sites for hydroxylation is 2. The number of ether oxygens (including phenoxy) is 1. The molecule has 4 aromatic rings. The molecule has 40 heavy (non-hydrogen) atoms. The van der Waals surface area contributed by atoms with Gasteiger partial charge in [0.05, 0.1) is 11.9 Å². The van der Waals surface area contributed by atoms with Crippen LogP contribution >= 0.6 is 0 Å². The fraction of sp³-hybridized carbons (Fsp3) is 0.259. The second-order valence-electron chi connectivity index (χ2n) is 9.33. The molecule has 5 rings (SSSR count). The lowest BCUT2D eigenvalue weighted by Gasteiger charge is -2.34. The zero-order valence-electron chi connectivity index (χ0n) is 21.9. The Morgan fingerprint density at radius 2 is 1.95 bits per heavy atom. The highest BCUT2D eigenvalue weighted by molar-refractivity contribution is 5.90. The maximum Gasteiger partial charge on any atom is 0.322 e. The van der Waals surface area contributed by atoms with Crippen molar-refractivity contribution in [3.05, 3.63) is 73.0 Å². The monoisotopic (exact) mass is 547 g/mol. The lowest BCUT2D eigenvalue weighted by Crippen LogP contribution is -2.45. The molecule has 4 heterocycles. The van der Waals surface area contributed by atoms with Crippen LogP contribution in [0.4, 0.5) is 26.2 Å². The number of piperidine rings is 1. The van der Waals surface area contributed by atoms with Crippen molar-refractivity contribution < 1.29 is 18.3 Å². The minimum absolute atomic E-state index is 0.0160. The van der Waals surface area contributed by atoms with Crippen molar-refractivity contribution in [2.45, 2.75) is 25.8 Å². The number of aromatic nitrogens is 6. The van der Waals surface area contributed by atoms with Crippen LogP contribution in [0.1, 0.15) is 18.5 Å². The van der Waals surface area contributed by atoms with Crippen LogP contribution in [0.5, 0.6) is 11.8 Å².